The normalized spacial score (nSPS) is 23.3. The molecule has 0 heterocycles. The van der Waals surface area contributed by atoms with Crippen LogP contribution in [0.3, 0.4) is 0 Å². The second kappa shape index (κ2) is 7.96. The number of ether oxygens (including phenoxy) is 3. The summed E-state index contributed by atoms with van der Waals surface area (Å²) in [6, 6.07) is 0. The van der Waals surface area contributed by atoms with Gasteiger partial charge in [-0.05, 0) is 18.8 Å². The summed E-state index contributed by atoms with van der Waals surface area (Å²) < 4.78 is 14.8. The molecule has 0 radical (unpaired) electrons. The highest BCUT2D eigenvalue weighted by Crippen LogP contribution is 2.37. The van der Waals surface area contributed by atoms with E-state index in [9.17, 15) is 9.90 Å². The van der Waals surface area contributed by atoms with Gasteiger partial charge in [-0.25, -0.2) is 4.79 Å². The van der Waals surface area contributed by atoms with E-state index >= 15 is 0 Å². The van der Waals surface area contributed by atoms with Crippen LogP contribution in [0.1, 0.15) is 19.3 Å². The number of aliphatic hydroxyl groups is 1. The molecule has 108 valence electrons. The van der Waals surface area contributed by atoms with E-state index < -0.39 is 5.97 Å². The Labute approximate surface area is 113 Å². The fourth-order valence-electron chi connectivity index (χ4n) is 2.44. The number of allylic oxidation sites excluding steroid dienone is 2. The van der Waals surface area contributed by atoms with Crippen LogP contribution >= 0.6 is 0 Å². The molecule has 0 aliphatic heterocycles. The minimum Gasteiger partial charge on any atom is -0.512 e. The van der Waals surface area contributed by atoms with Crippen LogP contribution in [0, 0.1) is 11.8 Å². The summed E-state index contributed by atoms with van der Waals surface area (Å²) in [6.07, 6.45) is 3.78. The van der Waals surface area contributed by atoms with Crippen molar-refractivity contribution in [2.24, 2.45) is 11.8 Å². The van der Waals surface area contributed by atoms with E-state index in [-0.39, 0.29) is 24.4 Å². The Morgan fingerprint density at radius 1 is 1.53 bits per heavy atom. The highest BCUT2D eigenvalue weighted by Gasteiger charge is 2.34. The van der Waals surface area contributed by atoms with Crippen LogP contribution in [0.5, 0.6) is 0 Å². The standard InChI is InChI=1S/C14H22O5/c1-4-11-10(7-8-19-9-17-2)5-6-12(15)13(11)14(16)18-3/h4,10-11,15H,1,5-9H2,2-3H3/t10-,11-/m1/s1. The zero-order valence-electron chi connectivity index (χ0n) is 11.6. The van der Waals surface area contributed by atoms with Gasteiger partial charge < -0.3 is 19.3 Å². The minimum absolute atomic E-state index is 0.116. The fraction of sp³-hybridized carbons (Fsp3) is 0.643. The average Bonchev–Trinajstić information content (AvgIpc) is 2.43. The summed E-state index contributed by atoms with van der Waals surface area (Å²) >= 11 is 0. The number of rotatable bonds is 7. The van der Waals surface area contributed by atoms with Gasteiger partial charge in [0, 0.05) is 26.1 Å². The molecule has 1 N–H and O–H groups in total. The number of hydrogen-bond acceptors (Lipinski definition) is 5. The minimum atomic E-state index is -0.482. The van der Waals surface area contributed by atoms with Crippen LogP contribution in [0.25, 0.3) is 0 Å². The summed E-state index contributed by atoms with van der Waals surface area (Å²) in [5.41, 5.74) is 0.334. The van der Waals surface area contributed by atoms with Crippen molar-refractivity contribution in [1.29, 1.82) is 0 Å². The molecule has 5 heteroatoms. The molecular weight excluding hydrogens is 248 g/mol. The number of esters is 1. The topological polar surface area (TPSA) is 65.0 Å². The van der Waals surface area contributed by atoms with Gasteiger partial charge in [0.05, 0.1) is 12.7 Å². The zero-order chi connectivity index (χ0) is 14.3. The molecule has 0 bridgehead atoms. The zero-order valence-corrected chi connectivity index (χ0v) is 11.6. The van der Waals surface area contributed by atoms with Crippen LogP contribution in [-0.4, -0.2) is 38.7 Å². The molecule has 1 aliphatic rings. The highest BCUT2D eigenvalue weighted by atomic mass is 16.7. The largest absolute Gasteiger partial charge is 0.512 e. The first kappa shape index (κ1) is 15.7. The summed E-state index contributed by atoms with van der Waals surface area (Å²) in [6.45, 7) is 4.58. The second-order valence-corrected chi connectivity index (χ2v) is 4.52. The van der Waals surface area contributed by atoms with Crippen LogP contribution in [0.2, 0.25) is 0 Å². The molecule has 0 fully saturated rings. The van der Waals surface area contributed by atoms with E-state index in [4.69, 9.17) is 14.2 Å². The molecule has 0 unspecified atom stereocenters. The molecule has 0 aromatic heterocycles. The van der Waals surface area contributed by atoms with Crippen LogP contribution in [-0.2, 0) is 19.0 Å². The Morgan fingerprint density at radius 3 is 2.84 bits per heavy atom. The Kier molecular flexibility index (Phi) is 6.59. The van der Waals surface area contributed by atoms with Gasteiger partial charge in [-0.2, -0.15) is 0 Å². The lowest BCUT2D eigenvalue weighted by Crippen LogP contribution is -2.27. The van der Waals surface area contributed by atoms with E-state index in [2.05, 4.69) is 6.58 Å². The summed E-state index contributed by atoms with van der Waals surface area (Å²) in [4.78, 5) is 11.7. The van der Waals surface area contributed by atoms with Crippen molar-refractivity contribution in [3.05, 3.63) is 24.0 Å². The molecule has 0 aromatic carbocycles. The quantitative estimate of drug-likeness (QED) is 0.332. The number of aliphatic hydroxyl groups excluding tert-OH is 1. The molecule has 0 amide bonds. The third kappa shape index (κ3) is 4.08. The molecule has 19 heavy (non-hydrogen) atoms. The molecule has 1 rings (SSSR count). The van der Waals surface area contributed by atoms with Crippen LogP contribution in [0.15, 0.2) is 24.0 Å². The molecule has 0 saturated heterocycles. The van der Waals surface area contributed by atoms with Crippen molar-refractivity contribution < 1.29 is 24.1 Å². The highest BCUT2D eigenvalue weighted by molar-refractivity contribution is 5.90. The number of carbonyl (C=O) groups excluding carboxylic acids is 1. The SMILES string of the molecule is C=C[C@H]1C(C(=O)OC)=C(O)CC[C@@H]1CCOCOC. The van der Waals surface area contributed by atoms with E-state index in [1.165, 1.54) is 7.11 Å². The van der Waals surface area contributed by atoms with Crippen LogP contribution < -0.4 is 0 Å². The lowest BCUT2D eigenvalue weighted by Gasteiger charge is -2.30. The smallest absolute Gasteiger partial charge is 0.337 e. The Balaban J connectivity index is 2.70. The van der Waals surface area contributed by atoms with E-state index in [0.717, 1.165) is 12.8 Å². The van der Waals surface area contributed by atoms with Gasteiger partial charge in [0.1, 0.15) is 12.6 Å². The van der Waals surface area contributed by atoms with Gasteiger partial charge in [-0.1, -0.05) is 6.08 Å². The second-order valence-electron chi connectivity index (χ2n) is 4.52. The summed E-state index contributed by atoms with van der Waals surface area (Å²) in [7, 11) is 2.89. The first-order valence-electron chi connectivity index (χ1n) is 6.35. The van der Waals surface area contributed by atoms with Crippen molar-refractivity contribution in [1.82, 2.24) is 0 Å². The maximum atomic E-state index is 11.7. The van der Waals surface area contributed by atoms with Gasteiger partial charge in [-0.15, -0.1) is 6.58 Å². The van der Waals surface area contributed by atoms with Crippen LogP contribution in [0.4, 0.5) is 0 Å². The lowest BCUT2D eigenvalue weighted by atomic mass is 9.76. The molecule has 2 atom stereocenters. The Hall–Kier alpha value is -1.33. The van der Waals surface area contributed by atoms with Gasteiger partial charge in [0.2, 0.25) is 0 Å². The van der Waals surface area contributed by atoms with Crippen molar-refractivity contribution >= 4 is 5.97 Å². The van der Waals surface area contributed by atoms with E-state index in [0.29, 0.717) is 18.6 Å². The van der Waals surface area contributed by atoms with E-state index in [1.807, 2.05) is 0 Å². The fourth-order valence-corrected chi connectivity index (χ4v) is 2.44. The molecule has 0 aromatic rings. The van der Waals surface area contributed by atoms with Gasteiger partial charge in [-0.3, -0.25) is 0 Å². The molecule has 0 spiro atoms. The number of carbonyl (C=O) groups is 1. The third-order valence-corrected chi connectivity index (χ3v) is 3.40. The maximum Gasteiger partial charge on any atom is 0.337 e. The van der Waals surface area contributed by atoms with Gasteiger partial charge >= 0.3 is 5.97 Å². The maximum absolute atomic E-state index is 11.7. The van der Waals surface area contributed by atoms with Crippen molar-refractivity contribution in [2.75, 3.05) is 27.6 Å². The number of methoxy groups -OCH3 is 2. The molecular formula is C14H22O5. The molecule has 0 saturated carbocycles. The summed E-state index contributed by atoms with van der Waals surface area (Å²) in [5, 5.41) is 9.88. The third-order valence-electron chi connectivity index (χ3n) is 3.40. The first-order chi connectivity index (χ1) is 9.15. The van der Waals surface area contributed by atoms with Gasteiger partial charge in [0.25, 0.3) is 0 Å². The Bertz CT molecular complexity index is 348. The predicted molar refractivity (Wildman–Crippen MR) is 70.5 cm³/mol. The van der Waals surface area contributed by atoms with Crippen molar-refractivity contribution in [3.63, 3.8) is 0 Å². The predicted octanol–water partition coefficient (Wildman–Crippen LogP) is 2.19. The Morgan fingerprint density at radius 2 is 2.26 bits per heavy atom. The average molecular weight is 270 g/mol. The lowest BCUT2D eigenvalue weighted by molar-refractivity contribution is -0.137. The first-order valence-corrected chi connectivity index (χ1v) is 6.35. The molecule has 1 aliphatic carbocycles. The molecule has 5 nitrogen and oxygen atoms in total. The van der Waals surface area contributed by atoms with Crippen molar-refractivity contribution in [2.45, 2.75) is 19.3 Å². The number of hydrogen-bond donors (Lipinski definition) is 1. The van der Waals surface area contributed by atoms with E-state index in [1.54, 1.807) is 13.2 Å². The summed E-state index contributed by atoms with van der Waals surface area (Å²) in [5.74, 6) is -0.331. The van der Waals surface area contributed by atoms with Crippen molar-refractivity contribution in [3.8, 4) is 0 Å². The van der Waals surface area contributed by atoms with Gasteiger partial charge in [0.15, 0.2) is 0 Å². The monoisotopic (exact) mass is 270 g/mol.